The summed E-state index contributed by atoms with van der Waals surface area (Å²) >= 11 is 0. The van der Waals surface area contributed by atoms with E-state index in [0.717, 1.165) is 0 Å². The van der Waals surface area contributed by atoms with Gasteiger partial charge in [0.15, 0.2) is 0 Å². The maximum atomic E-state index is 10.2. The van der Waals surface area contributed by atoms with Gasteiger partial charge in [0.25, 0.3) is 0 Å². The molecule has 0 radical (unpaired) electrons. The zero-order chi connectivity index (χ0) is 17.1. The van der Waals surface area contributed by atoms with Gasteiger partial charge < -0.3 is 10.2 Å². The van der Waals surface area contributed by atoms with Gasteiger partial charge in [-0.25, -0.2) is 9.78 Å². The molecule has 0 aromatic carbocycles. The average Bonchev–Trinajstić information content (AvgIpc) is 2.08. The van der Waals surface area contributed by atoms with Crippen LogP contribution in [0.5, 0.6) is 0 Å². The van der Waals surface area contributed by atoms with E-state index in [0.29, 0.717) is 0 Å². The summed E-state index contributed by atoms with van der Waals surface area (Å²) in [4.78, 5) is 30.4. The van der Waals surface area contributed by atoms with Crippen molar-refractivity contribution in [2.24, 2.45) is 10.8 Å². The highest BCUT2D eigenvalue weighted by Crippen LogP contribution is 2.40. The van der Waals surface area contributed by atoms with E-state index in [1.165, 1.54) is 0 Å². The molecule has 0 aliphatic carbocycles. The Morgan fingerprint density at radius 2 is 1.38 bits per heavy atom. The van der Waals surface area contributed by atoms with Crippen LogP contribution in [0.15, 0.2) is 0 Å². The van der Waals surface area contributed by atoms with Gasteiger partial charge in [-0.2, -0.15) is 0 Å². The lowest BCUT2D eigenvalue weighted by molar-refractivity contribution is -0.516. The predicted octanol–water partition coefficient (Wildman–Crippen LogP) is 3.10. The zero-order valence-electron chi connectivity index (χ0n) is 14.0. The molecule has 0 aromatic heterocycles. The first-order valence-corrected chi connectivity index (χ1v) is 6.95. The fraction of sp³-hybridized carbons (Fsp3) is 0.867. The molecular formula is C15H28O6. The third-order valence-electron chi connectivity index (χ3n) is 3.04. The van der Waals surface area contributed by atoms with Crippen LogP contribution in [0.4, 0.5) is 0 Å². The van der Waals surface area contributed by atoms with Gasteiger partial charge in [-0.05, 0) is 24.7 Å². The molecule has 6 nitrogen and oxygen atoms in total. The van der Waals surface area contributed by atoms with Gasteiger partial charge in [0.1, 0.15) is 11.7 Å². The first-order chi connectivity index (χ1) is 9.17. The molecule has 1 rings (SSSR count). The summed E-state index contributed by atoms with van der Waals surface area (Å²) in [7, 11) is 0. The van der Waals surface area contributed by atoms with E-state index in [-0.39, 0.29) is 30.0 Å². The topological polar surface area (TPSA) is 93.1 Å². The van der Waals surface area contributed by atoms with Crippen molar-refractivity contribution < 1.29 is 29.6 Å². The number of aliphatic carboxylic acids is 2. The number of hydrogen-bond acceptors (Lipinski definition) is 4. The fourth-order valence-electron chi connectivity index (χ4n) is 2.36. The molecule has 1 unspecified atom stereocenters. The maximum Gasteiger partial charge on any atom is 0.303 e. The van der Waals surface area contributed by atoms with Crippen LogP contribution >= 0.6 is 0 Å². The lowest BCUT2D eigenvalue weighted by atomic mass is 9.79. The molecule has 2 N–H and O–H groups in total. The van der Waals surface area contributed by atoms with Crippen LogP contribution < -0.4 is 0 Å². The standard InChI is InChI=1S/C8H16O2.C7H12O4/c1-7(2,3)6-8(4,5)10-9-6;1-7(2,3-5(8)9)4-6(10)11/h6H,1-5H3;3-4H2,1-2H3,(H,8,9)(H,10,11). The van der Waals surface area contributed by atoms with E-state index in [1.807, 2.05) is 13.8 Å². The van der Waals surface area contributed by atoms with Crippen molar-refractivity contribution in [2.75, 3.05) is 0 Å². The molecule has 1 fully saturated rings. The Morgan fingerprint density at radius 3 is 1.48 bits per heavy atom. The highest BCUT2D eigenvalue weighted by Gasteiger charge is 2.49. The Kier molecular flexibility index (Phi) is 6.38. The fourth-order valence-corrected chi connectivity index (χ4v) is 2.36. The van der Waals surface area contributed by atoms with E-state index in [2.05, 4.69) is 20.8 Å². The van der Waals surface area contributed by atoms with Crippen molar-refractivity contribution in [2.45, 2.75) is 73.0 Å². The third kappa shape index (κ3) is 7.43. The van der Waals surface area contributed by atoms with Crippen LogP contribution in [0.2, 0.25) is 0 Å². The maximum absolute atomic E-state index is 10.2. The highest BCUT2D eigenvalue weighted by molar-refractivity contribution is 5.71. The van der Waals surface area contributed by atoms with Crippen molar-refractivity contribution >= 4 is 11.9 Å². The number of rotatable bonds is 4. The molecule has 0 spiro atoms. The van der Waals surface area contributed by atoms with Crippen LogP contribution in [0.1, 0.15) is 61.3 Å². The summed E-state index contributed by atoms with van der Waals surface area (Å²) in [5.41, 5.74) is -0.572. The monoisotopic (exact) mass is 304 g/mol. The van der Waals surface area contributed by atoms with E-state index in [9.17, 15) is 9.59 Å². The minimum atomic E-state index is -0.962. The molecule has 6 heteroatoms. The number of carboxylic acid groups (broad SMARTS) is 2. The van der Waals surface area contributed by atoms with Crippen LogP contribution in [0, 0.1) is 10.8 Å². The number of carbonyl (C=O) groups is 2. The summed E-state index contributed by atoms with van der Waals surface area (Å²) in [6, 6.07) is 0. The number of carboxylic acids is 2. The minimum absolute atomic E-state index is 0.0990. The van der Waals surface area contributed by atoms with Crippen LogP contribution in [0.25, 0.3) is 0 Å². The van der Waals surface area contributed by atoms with Gasteiger partial charge in [0.05, 0.1) is 12.8 Å². The normalized spacial score (nSPS) is 20.8. The Balaban J connectivity index is 0.000000382. The quantitative estimate of drug-likeness (QED) is 0.775. The SMILES string of the molecule is CC(C)(C)C1OOC1(C)C.CC(C)(CC(=O)O)CC(=O)O. The zero-order valence-corrected chi connectivity index (χ0v) is 14.0. The van der Waals surface area contributed by atoms with Gasteiger partial charge >= 0.3 is 11.9 Å². The van der Waals surface area contributed by atoms with Gasteiger partial charge in [-0.1, -0.05) is 34.6 Å². The van der Waals surface area contributed by atoms with Gasteiger partial charge in [0, 0.05) is 0 Å². The largest absolute Gasteiger partial charge is 0.481 e. The molecule has 1 aliphatic heterocycles. The highest BCUT2D eigenvalue weighted by atomic mass is 17.3. The minimum Gasteiger partial charge on any atom is -0.481 e. The van der Waals surface area contributed by atoms with Crippen molar-refractivity contribution in [1.82, 2.24) is 0 Å². The molecule has 0 bridgehead atoms. The molecular weight excluding hydrogens is 276 g/mol. The smallest absolute Gasteiger partial charge is 0.303 e. The molecule has 0 saturated carbocycles. The van der Waals surface area contributed by atoms with E-state index < -0.39 is 17.4 Å². The predicted molar refractivity (Wildman–Crippen MR) is 77.8 cm³/mol. The van der Waals surface area contributed by atoms with Gasteiger partial charge in [-0.3, -0.25) is 9.59 Å². The molecule has 1 atom stereocenters. The lowest BCUT2D eigenvalue weighted by Crippen LogP contribution is -2.57. The summed E-state index contributed by atoms with van der Waals surface area (Å²) < 4.78 is 0. The Hall–Kier alpha value is -1.14. The van der Waals surface area contributed by atoms with Gasteiger partial charge in [-0.15, -0.1) is 0 Å². The Labute approximate surface area is 126 Å². The summed E-state index contributed by atoms with van der Waals surface area (Å²) in [6.45, 7) is 13.8. The summed E-state index contributed by atoms with van der Waals surface area (Å²) in [6.07, 6.45) is -0.00139. The Morgan fingerprint density at radius 1 is 1.00 bits per heavy atom. The third-order valence-corrected chi connectivity index (χ3v) is 3.04. The van der Waals surface area contributed by atoms with Gasteiger partial charge in [0.2, 0.25) is 0 Å². The van der Waals surface area contributed by atoms with Crippen molar-refractivity contribution in [1.29, 1.82) is 0 Å². The second-order valence-electron chi connectivity index (χ2n) is 7.83. The molecule has 124 valence electrons. The summed E-state index contributed by atoms with van der Waals surface area (Å²) in [5.74, 6) is -1.92. The van der Waals surface area contributed by atoms with Crippen LogP contribution in [-0.4, -0.2) is 33.9 Å². The Bertz CT molecular complexity index is 350. The molecule has 1 saturated heterocycles. The molecule has 1 aliphatic rings. The van der Waals surface area contributed by atoms with Crippen LogP contribution in [0.3, 0.4) is 0 Å². The first kappa shape index (κ1) is 19.9. The van der Waals surface area contributed by atoms with E-state index in [4.69, 9.17) is 20.0 Å². The van der Waals surface area contributed by atoms with Crippen molar-refractivity contribution in [3.8, 4) is 0 Å². The molecule has 1 heterocycles. The average molecular weight is 304 g/mol. The van der Waals surface area contributed by atoms with E-state index >= 15 is 0 Å². The molecule has 0 amide bonds. The van der Waals surface area contributed by atoms with Crippen molar-refractivity contribution in [3.63, 3.8) is 0 Å². The first-order valence-electron chi connectivity index (χ1n) is 6.95. The van der Waals surface area contributed by atoms with Crippen molar-refractivity contribution in [3.05, 3.63) is 0 Å². The van der Waals surface area contributed by atoms with Crippen LogP contribution in [-0.2, 0) is 19.4 Å². The summed E-state index contributed by atoms with van der Waals surface area (Å²) in [5, 5.41) is 16.7. The second kappa shape index (κ2) is 6.75. The second-order valence-corrected chi connectivity index (χ2v) is 7.83. The molecule has 0 aromatic rings. The molecule has 21 heavy (non-hydrogen) atoms. The lowest BCUT2D eigenvalue weighted by Gasteiger charge is -2.48. The van der Waals surface area contributed by atoms with E-state index in [1.54, 1.807) is 13.8 Å². The number of hydrogen-bond donors (Lipinski definition) is 2.